The Morgan fingerprint density at radius 1 is 1.17 bits per heavy atom. The number of pyridine rings is 1. The Kier molecular flexibility index (Phi) is 3.99. The third-order valence-corrected chi connectivity index (χ3v) is 3.87. The number of hydrogen-bond acceptors (Lipinski definition) is 5. The van der Waals surface area contributed by atoms with Gasteiger partial charge in [0, 0.05) is 12.4 Å². The highest BCUT2D eigenvalue weighted by Gasteiger charge is 2.49. The van der Waals surface area contributed by atoms with E-state index in [2.05, 4.69) is 15.4 Å². The summed E-state index contributed by atoms with van der Waals surface area (Å²) in [6, 6.07) is 9.85. The van der Waals surface area contributed by atoms with Crippen LogP contribution in [0.5, 0.6) is 5.75 Å². The number of nitrogens with one attached hydrogen (secondary N) is 1. The minimum absolute atomic E-state index is 0.442. The van der Waals surface area contributed by atoms with Crippen molar-refractivity contribution in [3.05, 3.63) is 59.9 Å². The number of imide groups is 1. The van der Waals surface area contributed by atoms with Crippen molar-refractivity contribution in [3.63, 3.8) is 0 Å². The Balaban J connectivity index is 1.86. The van der Waals surface area contributed by atoms with Gasteiger partial charge >= 0.3 is 6.03 Å². The number of nitrogens with zero attached hydrogens (tertiary/aromatic N) is 3. The van der Waals surface area contributed by atoms with Crippen LogP contribution in [0.3, 0.4) is 0 Å². The van der Waals surface area contributed by atoms with Crippen molar-refractivity contribution in [1.29, 1.82) is 0 Å². The Morgan fingerprint density at radius 3 is 2.46 bits per heavy atom. The van der Waals surface area contributed by atoms with Gasteiger partial charge in [0.25, 0.3) is 5.91 Å². The topological polar surface area (TPSA) is 83.9 Å². The van der Waals surface area contributed by atoms with Crippen molar-refractivity contribution in [1.82, 2.24) is 15.3 Å². The van der Waals surface area contributed by atoms with Gasteiger partial charge in [-0.3, -0.25) is 9.78 Å². The zero-order valence-electron chi connectivity index (χ0n) is 13.3. The van der Waals surface area contributed by atoms with Crippen molar-refractivity contribution >= 4 is 18.2 Å². The summed E-state index contributed by atoms with van der Waals surface area (Å²) in [5, 5.41) is 7.53. The number of urea groups is 1. The predicted molar refractivity (Wildman–Crippen MR) is 87.6 cm³/mol. The van der Waals surface area contributed by atoms with E-state index in [0.29, 0.717) is 11.3 Å². The smallest absolute Gasteiger partial charge is 0.346 e. The van der Waals surface area contributed by atoms with Crippen molar-refractivity contribution in [2.24, 2.45) is 5.10 Å². The van der Waals surface area contributed by atoms with E-state index in [1.165, 1.54) is 6.21 Å². The van der Waals surface area contributed by atoms with Crippen molar-refractivity contribution < 1.29 is 14.3 Å². The lowest BCUT2D eigenvalue weighted by molar-refractivity contribution is -0.131. The summed E-state index contributed by atoms with van der Waals surface area (Å²) in [7, 11) is 1.56. The molecule has 7 nitrogen and oxygen atoms in total. The number of hydrogen-bond donors (Lipinski definition) is 1. The van der Waals surface area contributed by atoms with E-state index in [-0.39, 0.29) is 0 Å². The highest BCUT2D eigenvalue weighted by molar-refractivity contribution is 6.07. The zero-order valence-corrected chi connectivity index (χ0v) is 13.3. The molecule has 0 radical (unpaired) electrons. The summed E-state index contributed by atoms with van der Waals surface area (Å²) in [4.78, 5) is 28.8. The van der Waals surface area contributed by atoms with Crippen LogP contribution in [0.2, 0.25) is 0 Å². The highest BCUT2D eigenvalue weighted by atomic mass is 16.5. The van der Waals surface area contributed by atoms with Crippen molar-refractivity contribution in [2.45, 2.75) is 12.5 Å². The minimum atomic E-state index is -1.17. The lowest BCUT2D eigenvalue weighted by Crippen LogP contribution is -2.40. The summed E-state index contributed by atoms with van der Waals surface area (Å²) < 4.78 is 5.11. The van der Waals surface area contributed by atoms with E-state index >= 15 is 0 Å². The Bertz CT molecular complexity index is 789. The van der Waals surface area contributed by atoms with E-state index < -0.39 is 17.5 Å². The van der Waals surface area contributed by atoms with Crippen molar-refractivity contribution in [2.75, 3.05) is 7.11 Å². The molecule has 2 heterocycles. The van der Waals surface area contributed by atoms with Gasteiger partial charge in [0.15, 0.2) is 0 Å². The molecule has 0 spiro atoms. The molecule has 0 saturated carbocycles. The zero-order chi connectivity index (χ0) is 17.2. The molecular formula is C17H16N4O3. The van der Waals surface area contributed by atoms with E-state index in [9.17, 15) is 9.59 Å². The number of methoxy groups -OCH3 is 1. The van der Waals surface area contributed by atoms with Gasteiger partial charge in [0.1, 0.15) is 11.3 Å². The lowest BCUT2D eigenvalue weighted by Gasteiger charge is -2.21. The number of hydrazone groups is 1. The Labute approximate surface area is 139 Å². The molecule has 3 rings (SSSR count). The molecule has 1 fully saturated rings. The molecule has 7 heteroatoms. The van der Waals surface area contributed by atoms with Gasteiger partial charge in [-0.15, -0.1) is 5.01 Å². The highest BCUT2D eigenvalue weighted by Crippen LogP contribution is 2.30. The largest absolute Gasteiger partial charge is 0.497 e. The molecule has 1 atom stereocenters. The summed E-state index contributed by atoms with van der Waals surface area (Å²) in [6.07, 6.45) is 4.66. The first-order valence-corrected chi connectivity index (χ1v) is 7.30. The monoisotopic (exact) mass is 324 g/mol. The lowest BCUT2D eigenvalue weighted by atomic mass is 9.92. The van der Waals surface area contributed by atoms with Gasteiger partial charge in [-0.25, -0.2) is 4.79 Å². The molecule has 0 bridgehead atoms. The van der Waals surface area contributed by atoms with Gasteiger partial charge in [-0.05, 0) is 42.3 Å². The van der Waals surface area contributed by atoms with Crippen LogP contribution >= 0.6 is 0 Å². The first-order valence-electron chi connectivity index (χ1n) is 7.30. The van der Waals surface area contributed by atoms with Crippen LogP contribution in [0.1, 0.15) is 18.1 Å². The number of amides is 3. The molecule has 122 valence electrons. The standard InChI is InChI=1S/C17H16N4O3/c1-17(13-3-5-14(24-2)6-4-13)15(22)21(16(23)20-17)19-11-12-7-9-18-10-8-12/h3-11H,1-2H3,(H,20,23)/b19-11-/t17-/m1/s1. The van der Waals surface area contributed by atoms with Crippen molar-refractivity contribution in [3.8, 4) is 5.75 Å². The molecule has 1 N–H and O–H groups in total. The average molecular weight is 324 g/mol. The third kappa shape index (κ3) is 2.71. The average Bonchev–Trinajstić information content (AvgIpc) is 2.84. The Hall–Kier alpha value is -3.22. The molecule has 1 aliphatic heterocycles. The molecule has 1 saturated heterocycles. The number of rotatable bonds is 4. The van der Waals surface area contributed by atoms with Gasteiger partial charge in [-0.1, -0.05) is 12.1 Å². The van der Waals surface area contributed by atoms with E-state index in [0.717, 1.165) is 10.6 Å². The van der Waals surface area contributed by atoms with Gasteiger partial charge in [-0.2, -0.15) is 5.10 Å². The second kappa shape index (κ2) is 6.11. The fraction of sp³-hybridized carbons (Fsp3) is 0.176. The number of carbonyl (C=O) groups is 2. The number of aromatic nitrogens is 1. The van der Waals surface area contributed by atoms with E-state index in [1.54, 1.807) is 62.8 Å². The van der Waals surface area contributed by atoms with Crippen LogP contribution in [-0.4, -0.2) is 35.3 Å². The quantitative estimate of drug-likeness (QED) is 0.687. The number of carbonyl (C=O) groups excluding carboxylic acids is 2. The summed E-state index contributed by atoms with van der Waals surface area (Å²) >= 11 is 0. The predicted octanol–water partition coefficient (Wildman–Crippen LogP) is 1.89. The normalized spacial score (nSPS) is 20.5. The van der Waals surface area contributed by atoms with Crippen LogP contribution in [0.15, 0.2) is 53.9 Å². The Morgan fingerprint density at radius 2 is 1.83 bits per heavy atom. The van der Waals surface area contributed by atoms with Crippen LogP contribution in [0, 0.1) is 0 Å². The molecule has 0 aliphatic carbocycles. The molecule has 0 unspecified atom stereocenters. The maximum absolute atomic E-state index is 12.7. The van der Waals surface area contributed by atoms with Crippen LogP contribution in [0.25, 0.3) is 0 Å². The number of ether oxygens (including phenoxy) is 1. The van der Waals surface area contributed by atoms with Crippen LogP contribution < -0.4 is 10.1 Å². The molecule has 1 aliphatic rings. The third-order valence-electron chi connectivity index (χ3n) is 3.87. The van der Waals surface area contributed by atoms with Crippen LogP contribution in [-0.2, 0) is 10.3 Å². The maximum atomic E-state index is 12.7. The molecule has 24 heavy (non-hydrogen) atoms. The molecule has 1 aromatic heterocycles. The number of benzene rings is 1. The summed E-state index contributed by atoms with van der Waals surface area (Å²) in [5.41, 5.74) is 0.228. The summed E-state index contributed by atoms with van der Waals surface area (Å²) in [5.74, 6) is 0.231. The second-order valence-electron chi connectivity index (χ2n) is 5.43. The second-order valence-corrected chi connectivity index (χ2v) is 5.43. The minimum Gasteiger partial charge on any atom is -0.497 e. The van der Waals surface area contributed by atoms with Crippen LogP contribution in [0.4, 0.5) is 4.79 Å². The first kappa shape index (κ1) is 15.7. The first-order chi connectivity index (χ1) is 11.5. The van der Waals surface area contributed by atoms with Gasteiger partial charge < -0.3 is 10.1 Å². The fourth-order valence-corrected chi connectivity index (χ4v) is 2.42. The molecule has 1 aromatic carbocycles. The van der Waals surface area contributed by atoms with Gasteiger partial charge in [0.2, 0.25) is 0 Å². The van der Waals surface area contributed by atoms with E-state index in [1.807, 2.05) is 0 Å². The van der Waals surface area contributed by atoms with E-state index in [4.69, 9.17) is 4.74 Å². The maximum Gasteiger partial charge on any atom is 0.346 e. The fourth-order valence-electron chi connectivity index (χ4n) is 2.42. The summed E-state index contributed by atoms with van der Waals surface area (Å²) in [6.45, 7) is 1.65. The molecule has 3 amide bonds. The van der Waals surface area contributed by atoms with Gasteiger partial charge in [0.05, 0.1) is 13.3 Å². The molecular weight excluding hydrogens is 308 g/mol. The SMILES string of the molecule is COc1ccc([C@@]2(C)NC(=O)N(/N=C\c3ccncc3)C2=O)cc1. The molecule has 2 aromatic rings.